The molecule has 0 aliphatic carbocycles. The number of aromatic nitrogens is 1. The molecule has 0 spiro atoms. The lowest BCUT2D eigenvalue weighted by Gasteiger charge is -2.11. The Hall–Kier alpha value is -2.08. The molecule has 1 heterocycles. The fourth-order valence-electron chi connectivity index (χ4n) is 1.71. The first kappa shape index (κ1) is 14.3. The molecular formula is C14H14BrN3O2. The summed E-state index contributed by atoms with van der Waals surface area (Å²) < 4.78 is 6.62. The van der Waals surface area contributed by atoms with Crippen molar-refractivity contribution in [2.24, 2.45) is 10.9 Å². The average Bonchev–Trinajstić information content (AvgIpc) is 2.46. The predicted molar refractivity (Wildman–Crippen MR) is 80.0 cm³/mol. The second kappa shape index (κ2) is 6.38. The highest BCUT2D eigenvalue weighted by molar-refractivity contribution is 9.10. The average molecular weight is 336 g/mol. The molecule has 1 aromatic carbocycles. The maximum absolute atomic E-state index is 8.75. The standard InChI is InChI=1S/C14H14BrN3O2/c1-9-4-5-12(11(15)7-9)20-8-10-3-2-6-17-13(10)14(16)18-19/h2-7,19H,8H2,1H3,(H2,16,18). The molecule has 3 N–H and O–H groups in total. The fourth-order valence-corrected chi connectivity index (χ4v) is 2.32. The quantitative estimate of drug-likeness (QED) is 0.389. The third kappa shape index (κ3) is 3.27. The molecule has 0 atom stereocenters. The van der Waals surface area contributed by atoms with Crippen LogP contribution in [-0.4, -0.2) is 16.0 Å². The molecule has 6 heteroatoms. The Morgan fingerprint density at radius 3 is 2.95 bits per heavy atom. The lowest BCUT2D eigenvalue weighted by atomic mass is 10.2. The van der Waals surface area contributed by atoms with E-state index in [2.05, 4.69) is 26.1 Å². The largest absolute Gasteiger partial charge is 0.488 e. The Balaban J connectivity index is 2.19. The summed E-state index contributed by atoms with van der Waals surface area (Å²) in [7, 11) is 0. The first-order chi connectivity index (χ1) is 9.61. The lowest BCUT2D eigenvalue weighted by Crippen LogP contribution is -2.18. The van der Waals surface area contributed by atoms with E-state index in [9.17, 15) is 0 Å². The molecule has 104 valence electrons. The summed E-state index contributed by atoms with van der Waals surface area (Å²) in [4.78, 5) is 4.09. The zero-order valence-corrected chi connectivity index (χ0v) is 12.5. The molecule has 2 aromatic rings. The van der Waals surface area contributed by atoms with Gasteiger partial charge >= 0.3 is 0 Å². The van der Waals surface area contributed by atoms with Crippen molar-refractivity contribution in [1.29, 1.82) is 0 Å². The Bertz CT molecular complexity index is 644. The van der Waals surface area contributed by atoms with E-state index in [4.69, 9.17) is 15.7 Å². The summed E-state index contributed by atoms with van der Waals surface area (Å²) in [5.74, 6) is 0.692. The van der Waals surface area contributed by atoms with Crippen LogP contribution in [0.15, 0.2) is 46.2 Å². The second-order valence-corrected chi connectivity index (χ2v) is 5.07. The number of nitrogens with two attached hydrogens (primary N) is 1. The zero-order valence-electron chi connectivity index (χ0n) is 10.9. The number of aryl methyl sites for hydroxylation is 1. The number of hydrogen-bond acceptors (Lipinski definition) is 4. The zero-order chi connectivity index (χ0) is 14.5. The van der Waals surface area contributed by atoms with E-state index in [1.165, 1.54) is 0 Å². The number of rotatable bonds is 4. The SMILES string of the molecule is Cc1ccc(OCc2cccnc2C(N)=NO)c(Br)c1. The molecule has 0 aliphatic heterocycles. The number of pyridine rings is 1. The highest BCUT2D eigenvalue weighted by atomic mass is 79.9. The van der Waals surface area contributed by atoms with Gasteiger partial charge in [0.1, 0.15) is 18.1 Å². The van der Waals surface area contributed by atoms with Crippen LogP contribution in [0, 0.1) is 6.92 Å². The van der Waals surface area contributed by atoms with E-state index >= 15 is 0 Å². The normalized spacial score (nSPS) is 11.4. The number of ether oxygens (including phenoxy) is 1. The molecule has 0 unspecified atom stereocenters. The van der Waals surface area contributed by atoms with Gasteiger partial charge in [0.25, 0.3) is 0 Å². The van der Waals surface area contributed by atoms with Gasteiger partial charge in [0, 0.05) is 11.8 Å². The van der Waals surface area contributed by atoms with Gasteiger partial charge < -0.3 is 15.7 Å². The van der Waals surface area contributed by atoms with E-state index in [0.29, 0.717) is 5.69 Å². The van der Waals surface area contributed by atoms with Crippen molar-refractivity contribution in [2.75, 3.05) is 0 Å². The summed E-state index contributed by atoms with van der Waals surface area (Å²) in [5.41, 5.74) is 7.89. The smallest absolute Gasteiger partial charge is 0.189 e. The first-order valence-corrected chi connectivity index (χ1v) is 6.72. The van der Waals surface area contributed by atoms with E-state index in [-0.39, 0.29) is 12.4 Å². The van der Waals surface area contributed by atoms with E-state index < -0.39 is 0 Å². The van der Waals surface area contributed by atoms with E-state index in [1.807, 2.05) is 31.2 Å². The molecule has 0 amide bonds. The van der Waals surface area contributed by atoms with Gasteiger partial charge in [-0.3, -0.25) is 4.98 Å². The van der Waals surface area contributed by atoms with Crippen LogP contribution in [0.1, 0.15) is 16.8 Å². The minimum Gasteiger partial charge on any atom is -0.488 e. The summed E-state index contributed by atoms with van der Waals surface area (Å²) in [6.45, 7) is 2.28. The van der Waals surface area contributed by atoms with Crippen LogP contribution in [0.3, 0.4) is 0 Å². The van der Waals surface area contributed by atoms with Gasteiger partial charge in [-0.25, -0.2) is 0 Å². The Labute approximate surface area is 125 Å². The molecule has 0 fully saturated rings. The third-order valence-corrected chi connectivity index (χ3v) is 3.33. The van der Waals surface area contributed by atoms with Gasteiger partial charge in [-0.05, 0) is 46.6 Å². The Morgan fingerprint density at radius 2 is 2.25 bits per heavy atom. The molecule has 5 nitrogen and oxygen atoms in total. The highest BCUT2D eigenvalue weighted by Gasteiger charge is 2.09. The van der Waals surface area contributed by atoms with Crippen molar-refractivity contribution in [3.63, 3.8) is 0 Å². The number of halogens is 1. The maximum Gasteiger partial charge on any atom is 0.189 e. The molecule has 0 aliphatic rings. The molecule has 0 saturated carbocycles. The van der Waals surface area contributed by atoms with Gasteiger partial charge in [-0.2, -0.15) is 0 Å². The third-order valence-electron chi connectivity index (χ3n) is 2.71. The minimum absolute atomic E-state index is 0.0350. The van der Waals surface area contributed by atoms with Gasteiger partial charge in [0.15, 0.2) is 5.84 Å². The topological polar surface area (TPSA) is 80.7 Å². The van der Waals surface area contributed by atoms with Crippen LogP contribution < -0.4 is 10.5 Å². The molecule has 2 rings (SSSR count). The van der Waals surface area contributed by atoms with E-state index in [0.717, 1.165) is 21.3 Å². The van der Waals surface area contributed by atoms with Gasteiger partial charge in [0.05, 0.1) is 4.47 Å². The van der Waals surface area contributed by atoms with Crippen molar-refractivity contribution in [3.8, 4) is 5.75 Å². The van der Waals surface area contributed by atoms with Crippen LogP contribution in [0.2, 0.25) is 0 Å². The molecule has 1 aromatic heterocycles. The van der Waals surface area contributed by atoms with Crippen LogP contribution in [0.25, 0.3) is 0 Å². The summed E-state index contributed by atoms with van der Waals surface area (Å²) in [6.07, 6.45) is 1.58. The van der Waals surface area contributed by atoms with Gasteiger partial charge in [-0.1, -0.05) is 17.3 Å². The Morgan fingerprint density at radius 1 is 1.45 bits per heavy atom. The minimum atomic E-state index is -0.0350. The van der Waals surface area contributed by atoms with Crippen LogP contribution in [-0.2, 0) is 6.61 Å². The summed E-state index contributed by atoms with van der Waals surface area (Å²) >= 11 is 3.45. The van der Waals surface area contributed by atoms with Crippen molar-refractivity contribution in [2.45, 2.75) is 13.5 Å². The fraction of sp³-hybridized carbons (Fsp3) is 0.143. The van der Waals surface area contributed by atoms with Crippen molar-refractivity contribution in [3.05, 3.63) is 57.8 Å². The molecular weight excluding hydrogens is 322 g/mol. The number of nitrogens with zero attached hydrogens (tertiary/aromatic N) is 2. The van der Waals surface area contributed by atoms with Gasteiger partial charge in [0.2, 0.25) is 0 Å². The van der Waals surface area contributed by atoms with Crippen LogP contribution in [0.5, 0.6) is 5.75 Å². The molecule has 0 radical (unpaired) electrons. The van der Waals surface area contributed by atoms with Crippen LogP contribution >= 0.6 is 15.9 Å². The molecule has 0 bridgehead atoms. The predicted octanol–water partition coefficient (Wildman–Crippen LogP) is 2.83. The second-order valence-electron chi connectivity index (χ2n) is 4.22. The number of hydrogen-bond donors (Lipinski definition) is 2. The van der Waals surface area contributed by atoms with E-state index in [1.54, 1.807) is 12.3 Å². The monoisotopic (exact) mass is 335 g/mol. The van der Waals surface area contributed by atoms with Crippen molar-refractivity contribution in [1.82, 2.24) is 4.98 Å². The lowest BCUT2D eigenvalue weighted by molar-refractivity contribution is 0.302. The molecule has 20 heavy (non-hydrogen) atoms. The summed E-state index contributed by atoms with van der Waals surface area (Å²) in [5, 5.41) is 11.7. The highest BCUT2D eigenvalue weighted by Crippen LogP contribution is 2.26. The Kier molecular flexibility index (Phi) is 4.57. The summed E-state index contributed by atoms with van der Waals surface area (Å²) in [6, 6.07) is 9.43. The van der Waals surface area contributed by atoms with Gasteiger partial charge in [-0.15, -0.1) is 0 Å². The number of benzene rings is 1. The van der Waals surface area contributed by atoms with Crippen molar-refractivity contribution >= 4 is 21.8 Å². The molecule has 0 saturated heterocycles. The van der Waals surface area contributed by atoms with Crippen molar-refractivity contribution < 1.29 is 9.94 Å². The maximum atomic E-state index is 8.75. The van der Waals surface area contributed by atoms with Crippen LogP contribution in [0.4, 0.5) is 0 Å². The number of oxime groups is 1. The first-order valence-electron chi connectivity index (χ1n) is 5.92. The number of amidine groups is 1.